The van der Waals surface area contributed by atoms with E-state index in [1.807, 2.05) is 0 Å². The van der Waals surface area contributed by atoms with Gasteiger partial charge in [-0.3, -0.25) is 4.68 Å². The van der Waals surface area contributed by atoms with E-state index in [-0.39, 0.29) is 5.41 Å². The highest BCUT2D eigenvalue weighted by Gasteiger charge is 2.27. The molecule has 110 valence electrons. The highest BCUT2D eigenvalue weighted by Crippen LogP contribution is 2.32. The van der Waals surface area contributed by atoms with Crippen molar-refractivity contribution < 1.29 is 0 Å². The van der Waals surface area contributed by atoms with Crippen LogP contribution in [0.5, 0.6) is 0 Å². The molecule has 0 saturated carbocycles. The van der Waals surface area contributed by atoms with Crippen molar-refractivity contribution in [2.24, 2.45) is 5.92 Å². The SMILES string of the molecule is CCCn1ncc(Cl)c1C(C)(C)CCNCC(C)C. The number of nitrogens with one attached hydrogen (secondary N) is 1. The fourth-order valence-corrected chi connectivity index (χ4v) is 2.72. The average Bonchev–Trinajstić information content (AvgIpc) is 2.67. The summed E-state index contributed by atoms with van der Waals surface area (Å²) in [7, 11) is 0. The summed E-state index contributed by atoms with van der Waals surface area (Å²) in [6.45, 7) is 14.1. The first-order valence-corrected chi connectivity index (χ1v) is 7.68. The Morgan fingerprint density at radius 3 is 2.68 bits per heavy atom. The molecular formula is C15H28ClN3. The van der Waals surface area contributed by atoms with Crippen LogP contribution < -0.4 is 5.32 Å². The van der Waals surface area contributed by atoms with Gasteiger partial charge in [0, 0.05) is 12.0 Å². The summed E-state index contributed by atoms with van der Waals surface area (Å²) in [6, 6.07) is 0. The normalized spacial score (nSPS) is 12.4. The van der Waals surface area contributed by atoms with E-state index in [9.17, 15) is 0 Å². The molecule has 0 bridgehead atoms. The van der Waals surface area contributed by atoms with E-state index in [0.717, 1.165) is 37.5 Å². The number of aryl methyl sites for hydroxylation is 1. The van der Waals surface area contributed by atoms with E-state index < -0.39 is 0 Å². The first-order chi connectivity index (χ1) is 8.88. The molecule has 0 aliphatic carbocycles. The Morgan fingerprint density at radius 2 is 2.11 bits per heavy atom. The maximum absolute atomic E-state index is 6.32. The average molecular weight is 286 g/mol. The third kappa shape index (κ3) is 4.81. The maximum Gasteiger partial charge on any atom is 0.0823 e. The lowest BCUT2D eigenvalue weighted by Crippen LogP contribution is -2.30. The second-order valence-electron chi connectivity index (χ2n) is 6.30. The van der Waals surface area contributed by atoms with E-state index in [1.54, 1.807) is 6.20 Å². The van der Waals surface area contributed by atoms with E-state index in [1.165, 1.54) is 5.69 Å². The van der Waals surface area contributed by atoms with Gasteiger partial charge in [-0.15, -0.1) is 0 Å². The number of rotatable bonds is 8. The Hall–Kier alpha value is -0.540. The van der Waals surface area contributed by atoms with E-state index in [4.69, 9.17) is 11.6 Å². The van der Waals surface area contributed by atoms with Crippen LogP contribution in [0.2, 0.25) is 5.02 Å². The predicted molar refractivity (Wildman–Crippen MR) is 82.9 cm³/mol. The van der Waals surface area contributed by atoms with Gasteiger partial charge in [0.1, 0.15) is 0 Å². The molecule has 1 heterocycles. The number of hydrogen-bond acceptors (Lipinski definition) is 2. The molecule has 0 saturated heterocycles. The number of halogens is 1. The first kappa shape index (κ1) is 16.5. The molecule has 0 unspecified atom stereocenters. The van der Waals surface area contributed by atoms with Gasteiger partial charge in [0.25, 0.3) is 0 Å². The molecule has 1 N–H and O–H groups in total. The standard InChI is InChI=1S/C15H28ClN3/c1-6-9-19-14(13(16)11-18-19)15(4,5)7-8-17-10-12(2)3/h11-12,17H,6-10H2,1-5H3. The van der Waals surface area contributed by atoms with Crippen LogP contribution in [0.4, 0.5) is 0 Å². The minimum Gasteiger partial charge on any atom is -0.316 e. The molecule has 0 fully saturated rings. The fraction of sp³-hybridized carbons (Fsp3) is 0.800. The Kier molecular flexibility index (Phi) is 6.34. The summed E-state index contributed by atoms with van der Waals surface area (Å²) in [6.07, 6.45) is 3.91. The van der Waals surface area contributed by atoms with E-state index in [0.29, 0.717) is 5.92 Å². The van der Waals surface area contributed by atoms with Gasteiger partial charge in [-0.1, -0.05) is 46.2 Å². The summed E-state index contributed by atoms with van der Waals surface area (Å²) in [5.74, 6) is 0.692. The molecule has 1 rings (SSSR count). The van der Waals surface area contributed by atoms with Gasteiger partial charge in [-0.2, -0.15) is 5.10 Å². The number of aromatic nitrogens is 2. The van der Waals surface area contributed by atoms with Crippen molar-refractivity contribution in [3.63, 3.8) is 0 Å². The van der Waals surface area contributed by atoms with Crippen LogP contribution in [-0.4, -0.2) is 22.9 Å². The van der Waals surface area contributed by atoms with E-state index >= 15 is 0 Å². The lowest BCUT2D eigenvalue weighted by molar-refractivity contribution is 0.403. The molecule has 0 amide bonds. The molecule has 0 aromatic carbocycles. The summed E-state index contributed by atoms with van der Waals surface area (Å²) in [5.41, 5.74) is 1.22. The van der Waals surface area contributed by atoms with Crippen molar-refractivity contribution in [1.82, 2.24) is 15.1 Å². The van der Waals surface area contributed by atoms with Gasteiger partial charge in [0.2, 0.25) is 0 Å². The summed E-state index contributed by atoms with van der Waals surface area (Å²) >= 11 is 6.32. The zero-order valence-corrected chi connectivity index (χ0v) is 13.7. The maximum atomic E-state index is 6.32. The Bertz CT molecular complexity index is 383. The molecule has 1 aromatic rings. The summed E-state index contributed by atoms with van der Waals surface area (Å²) < 4.78 is 2.06. The van der Waals surface area contributed by atoms with Crippen molar-refractivity contribution >= 4 is 11.6 Å². The van der Waals surface area contributed by atoms with Crippen molar-refractivity contribution in [3.05, 3.63) is 16.9 Å². The minimum atomic E-state index is 0.0483. The van der Waals surface area contributed by atoms with Crippen molar-refractivity contribution in [3.8, 4) is 0 Å². The van der Waals surface area contributed by atoms with Gasteiger partial charge >= 0.3 is 0 Å². The van der Waals surface area contributed by atoms with E-state index in [2.05, 4.69) is 49.7 Å². The third-order valence-corrected chi connectivity index (χ3v) is 3.63. The number of nitrogens with zero attached hydrogens (tertiary/aromatic N) is 2. The second kappa shape index (κ2) is 7.30. The third-order valence-electron chi connectivity index (χ3n) is 3.35. The van der Waals surface area contributed by atoms with Crippen LogP contribution in [0.25, 0.3) is 0 Å². The highest BCUT2D eigenvalue weighted by molar-refractivity contribution is 6.31. The van der Waals surface area contributed by atoms with Gasteiger partial charge in [-0.05, 0) is 31.8 Å². The van der Waals surface area contributed by atoms with Crippen LogP contribution in [0, 0.1) is 5.92 Å². The van der Waals surface area contributed by atoms with Gasteiger partial charge in [-0.25, -0.2) is 0 Å². The molecule has 0 atom stereocenters. The molecule has 3 nitrogen and oxygen atoms in total. The highest BCUT2D eigenvalue weighted by atomic mass is 35.5. The van der Waals surface area contributed by atoms with Crippen molar-refractivity contribution in [2.45, 2.75) is 59.4 Å². The quantitative estimate of drug-likeness (QED) is 0.735. The fourth-order valence-electron chi connectivity index (χ4n) is 2.33. The molecule has 0 radical (unpaired) electrons. The van der Waals surface area contributed by atoms with Crippen molar-refractivity contribution in [1.29, 1.82) is 0 Å². The lowest BCUT2D eigenvalue weighted by atomic mass is 9.85. The monoisotopic (exact) mass is 285 g/mol. The summed E-state index contributed by atoms with van der Waals surface area (Å²) in [5, 5.41) is 8.69. The van der Waals surface area contributed by atoms with Crippen LogP contribution in [0.1, 0.15) is 53.2 Å². The Balaban J connectivity index is 2.67. The minimum absolute atomic E-state index is 0.0483. The molecule has 4 heteroatoms. The zero-order valence-electron chi connectivity index (χ0n) is 13.0. The molecule has 0 aliphatic rings. The van der Waals surface area contributed by atoms with Gasteiger partial charge in [0.05, 0.1) is 16.9 Å². The van der Waals surface area contributed by atoms with Crippen LogP contribution in [0.15, 0.2) is 6.20 Å². The van der Waals surface area contributed by atoms with Gasteiger partial charge in [0.15, 0.2) is 0 Å². The lowest BCUT2D eigenvalue weighted by Gasteiger charge is -2.27. The first-order valence-electron chi connectivity index (χ1n) is 7.31. The predicted octanol–water partition coefficient (Wildman–Crippen LogP) is 3.86. The molecule has 1 aromatic heterocycles. The summed E-state index contributed by atoms with van der Waals surface area (Å²) in [4.78, 5) is 0. The second-order valence-corrected chi connectivity index (χ2v) is 6.70. The van der Waals surface area contributed by atoms with Crippen LogP contribution in [0.3, 0.4) is 0 Å². The molecule has 0 spiro atoms. The number of hydrogen-bond donors (Lipinski definition) is 1. The molecule has 19 heavy (non-hydrogen) atoms. The van der Waals surface area contributed by atoms with Gasteiger partial charge < -0.3 is 5.32 Å². The largest absolute Gasteiger partial charge is 0.316 e. The van der Waals surface area contributed by atoms with Crippen LogP contribution >= 0.6 is 11.6 Å². The smallest absolute Gasteiger partial charge is 0.0823 e. The Labute approximate surface area is 122 Å². The molecule has 0 aliphatic heterocycles. The van der Waals surface area contributed by atoms with Crippen LogP contribution in [-0.2, 0) is 12.0 Å². The topological polar surface area (TPSA) is 29.9 Å². The van der Waals surface area contributed by atoms with Crippen molar-refractivity contribution in [2.75, 3.05) is 13.1 Å². The zero-order chi connectivity index (χ0) is 14.5. The molecular weight excluding hydrogens is 258 g/mol. The Morgan fingerprint density at radius 1 is 1.42 bits per heavy atom.